The maximum atomic E-state index is 12.9. The second kappa shape index (κ2) is 9.78. The first kappa shape index (κ1) is 18.9. The summed E-state index contributed by atoms with van der Waals surface area (Å²) < 4.78 is 12.9. The summed E-state index contributed by atoms with van der Waals surface area (Å²) >= 11 is 0. The van der Waals surface area contributed by atoms with Gasteiger partial charge in [-0.05, 0) is 37.5 Å². The number of aliphatic imine (C=N–C) groups is 1. The molecule has 0 aliphatic heterocycles. The Balaban J connectivity index is 0.00000242. The number of guanidine groups is 1. The lowest BCUT2D eigenvalue weighted by atomic mass is 10.1. The minimum atomic E-state index is -0.734. The maximum Gasteiger partial charge on any atom is 0.191 e. The van der Waals surface area contributed by atoms with Gasteiger partial charge in [0.05, 0.1) is 12.6 Å². The van der Waals surface area contributed by atoms with Crippen molar-refractivity contribution in [2.24, 2.45) is 4.99 Å². The van der Waals surface area contributed by atoms with Gasteiger partial charge in [0.15, 0.2) is 5.96 Å². The molecule has 1 aliphatic rings. The molecule has 0 aromatic heterocycles. The van der Waals surface area contributed by atoms with E-state index in [1.807, 2.05) is 6.92 Å². The monoisotopic (exact) mass is 419 g/mol. The molecule has 0 heterocycles. The Morgan fingerprint density at radius 2 is 1.95 bits per heavy atom. The van der Waals surface area contributed by atoms with Crippen LogP contribution in [0.2, 0.25) is 0 Å². The summed E-state index contributed by atoms with van der Waals surface area (Å²) in [6.45, 7) is 3.00. The number of rotatable bonds is 5. The van der Waals surface area contributed by atoms with E-state index in [2.05, 4.69) is 27.8 Å². The second-order valence-corrected chi connectivity index (χ2v) is 5.07. The molecule has 0 saturated carbocycles. The molecule has 3 N–H and O–H groups in total. The summed E-state index contributed by atoms with van der Waals surface area (Å²) in [5.74, 6) is 0.394. The fourth-order valence-electron chi connectivity index (χ4n) is 2.22. The molecule has 0 spiro atoms. The van der Waals surface area contributed by atoms with Gasteiger partial charge in [0.25, 0.3) is 0 Å². The smallest absolute Gasteiger partial charge is 0.191 e. The van der Waals surface area contributed by atoms with Crippen LogP contribution < -0.4 is 10.6 Å². The number of halogens is 2. The third-order valence-corrected chi connectivity index (χ3v) is 3.37. The highest BCUT2D eigenvalue weighted by atomic mass is 127. The van der Waals surface area contributed by atoms with Crippen molar-refractivity contribution < 1.29 is 9.50 Å². The highest BCUT2D eigenvalue weighted by molar-refractivity contribution is 14.0. The third-order valence-electron chi connectivity index (χ3n) is 3.37. The fourth-order valence-corrected chi connectivity index (χ4v) is 2.22. The molecular weight excluding hydrogens is 396 g/mol. The van der Waals surface area contributed by atoms with E-state index in [0.717, 1.165) is 19.4 Å². The molecule has 0 saturated heterocycles. The Morgan fingerprint density at radius 1 is 1.32 bits per heavy atom. The minimum Gasteiger partial charge on any atom is -0.386 e. The van der Waals surface area contributed by atoms with Gasteiger partial charge in [-0.25, -0.2) is 4.39 Å². The summed E-state index contributed by atoms with van der Waals surface area (Å²) in [7, 11) is 0. The van der Waals surface area contributed by atoms with Crippen LogP contribution in [-0.2, 0) is 0 Å². The Kier molecular flexibility index (Phi) is 8.40. The molecule has 1 aromatic rings. The Hall–Kier alpha value is -1.15. The molecule has 22 heavy (non-hydrogen) atoms. The van der Waals surface area contributed by atoms with Crippen LogP contribution >= 0.6 is 24.0 Å². The molecule has 1 unspecified atom stereocenters. The van der Waals surface area contributed by atoms with Gasteiger partial charge in [0.1, 0.15) is 5.82 Å². The van der Waals surface area contributed by atoms with Crippen LogP contribution in [0.5, 0.6) is 0 Å². The van der Waals surface area contributed by atoms with Gasteiger partial charge in [-0.1, -0.05) is 24.3 Å². The van der Waals surface area contributed by atoms with E-state index >= 15 is 0 Å². The van der Waals surface area contributed by atoms with Crippen molar-refractivity contribution in [3.63, 3.8) is 0 Å². The summed E-state index contributed by atoms with van der Waals surface area (Å²) in [4.78, 5) is 4.40. The fraction of sp³-hybridized carbons (Fsp3) is 0.438. The zero-order valence-corrected chi connectivity index (χ0v) is 15.0. The van der Waals surface area contributed by atoms with E-state index in [9.17, 15) is 9.50 Å². The predicted molar refractivity (Wildman–Crippen MR) is 98.1 cm³/mol. The zero-order valence-electron chi connectivity index (χ0n) is 12.6. The predicted octanol–water partition coefficient (Wildman–Crippen LogP) is 2.75. The largest absolute Gasteiger partial charge is 0.386 e. The van der Waals surface area contributed by atoms with Crippen LogP contribution in [-0.4, -0.2) is 30.2 Å². The lowest BCUT2D eigenvalue weighted by Gasteiger charge is -2.17. The molecular formula is C16H23FIN3O. The van der Waals surface area contributed by atoms with E-state index < -0.39 is 6.10 Å². The van der Waals surface area contributed by atoms with Crippen molar-refractivity contribution in [3.8, 4) is 0 Å². The standard InChI is InChI=1S/C16H22FN3O.HI/c1-2-18-16(20-14-5-3-4-6-14)19-11-15(21)12-7-9-13(17)10-8-12;/h3-4,7-10,14-15,21H,2,5-6,11H2,1H3,(H2,18,19,20);1H. The van der Waals surface area contributed by atoms with E-state index in [1.54, 1.807) is 12.1 Å². The zero-order chi connectivity index (χ0) is 15.1. The molecule has 1 aromatic carbocycles. The highest BCUT2D eigenvalue weighted by Gasteiger charge is 2.12. The van der Waals surface area contributed by atoms with Crippen LogP contribution in [0.15, 0.2) is 41.4 Å². The average molecular weight is 419 g/mol. The topological polar surface area (TPSA) is 56.7 Å². The number of aliphatic hydroxyl groups is 1. The van der Waals surface area contributed by atoms with E-state index in [1.165, 1.54) is 12.1 Å². The number of benzene rings is 1. The van der Waals surface area contributed by atoms with Crippen molar-refractivity contribution in [2.45, 2.75) is 31.9 Å². The lowest BCUT2D eigenvalue weighted by Crippen LogP contribution is -2.42. The molecule has 0 amide bonds. The van der Waals surface area contributed by atoms with E-state index in [0.29, 0.717) is 17.6 Å². The number of nitrogens with one attached hydrogen (secondary N) is 2. The number of hydrogen-bond donors (Lipinski definition) is 3. The van der Waals surface area contributed by atoms with Gasteiger partial charge in [-0.15, -0.1) is 24.0 Å². The van der Waals surface area contributed by atoms with Crippen molar-refractivity contribution in [1.82, 2.24) is 10.6 Å². The van der Waals surface area contributed by atoms with Gasteiger partial charge < -0.3 is 15.7 Å². The third kappa shape index (κ3) is 5.92. The van der Waals surface area contributed by atoms with E-state index in [4.69, 9.17) is 0 Å². The Labute approximate surface area is 147 Å². The molecule has 1 aliphatic carbocycles. The molecule has 0 radical (unpaired) electrons. The first-order valence-corrected chi connectivity index (χ1v) is 7.32. The van der Waals surface area contributed by atoms with Crippen LogP contribution in [0.3, 0.4) is 0 Å². The highest BCUT2D eigenvalue weighted by Crippen LogP contribution is 2.14. The van der Waals surface area contributed by atoms with E-state index in [-0.39, 0.29) is 36.3 Å². The van der Waals surface area contributed by atoms with Crippen molar-refractivity contribution in [2.75, 3.05) is 13.1 Å². The normalized spacial score (nSPS) is 16.2. The molecule has 122 valence electrons. The maximum absolute atomic E-state index is 12.9. The number of aliphatic hydroxyl groups excluding tert-OH is 1. The first-order valence-electron chi connectivity index (χ1n) is 7.32. The second-order valence-electron chi connectivity index (χ2n) is 5.07. The Bertz CT molecular complexity index is 497. The average Bonchev–Trinajstić information content (AvgIpc) is 2.98. The van der Waals surface area contributed by atoms with Gasteiger partial charge in [0, 0.05) is 12.6 Å². The van der Waals surface area contributed by atoms with Gasteiger partial charge >= 0.3 is 0 Å². The van der Waals surface area contributed by atoms with Crippen LogP contribution in [0.25, 0.3) is 0 Å². The van der Waals surface area contributed by atoms with Crippen LogP contribution in [0.1, 0.15) is 31.4 Å². The number of nitrogens with zero attached hydrogens (tertiary/aromatic N) is 1. The van der Waals surface area contributed by atoms with Crippen molar-refractivity contribution >= 4 is 29.9 Å². The molecule has 4 nitrogen and oxygen atoms in total. The van der Waals surface area contributed by atoms with Crippen LogP contribution in [0.4, 0.5) is 4.39 Å². The molecule has 0 fully saturated rings. The molecule has 1 atom stereocenters. The summed E-state index contributed by atoms with van der Waals surface area (Å²) in [5, 5.41) is 16.6. The molecule has 6 heteroatoms. The van der Waals surface area contributed by atoms with Crippen LogP contribution in [0, 0.1) is 5.82 Å². The van der Waals surface area contributed by atoms with Crippen molar-refractivity contribution in [3.05, 3.63) is 47.8 Å². The van der Waals surface area contributed by atoms with Gasteiger partial charge in [-0.3, -0.25) is 4.99 Å². The summed E-state index contributed by atoms with van der Waals surface area (Å²) in [6, 6.07) is 6.21. The quantitative estimate of drug-likeness (QED) is 0.298. The summed E-state index contributed by atoms with van der Waals surface area (Å²) in [6.07, 6.45) is 5.54. The molecule has 2 rings (SSSR count). The summed E-state index contributed by atoms with van der Waals surface area (Å²) in [5.41, 5.74) is 0.665. The van der Waals surface area contributed by atoms with Crippen molar-refractivity contribution in [1.29, 1.82) is 0 Å². The SMILES string of the molecule is CCNC(=NCC(O)c1ccc(F)cc1)NC1CC=CC1.I. The van der Waals surface area contributed by atoms with Gasteiger partial charge in [0.2, 0.25) is 0 Å². The minimum absolute atomic E-state index is 0. The first-order chi connectivity index (χ1) is 10.2. The number of hydrogen-bond acceptors (Lipinski definition) is 2. The molecule has 0 bridgehead atoms. The lowest BCUT2D eigenvalue weighted by molar-refractivity contribution is 0.187. The Morgan fingerprint density at radius 3 is 2.55 bits per heavy atom. The van der Waals surface area contributed by atoms with Gasteiger partial charge in [-0.2, -0.15) is 0 Å².